The predicted octanol–water partition coefficient (Wildman–Crippen LogP) is 5.11. The van der Waals surface area contributed by atoms with Gasteiger partial charge in [-0.15, -0.1) is 0 Å². The molecular formula is C23H25N3O. The largest absolute Gasteiger partial charge is 0.385 e. The van der Waals surface area contributed by atoms with Crippen molar-refractivity contribution in [2.45, 2.75) is 26.2 Å². The van der Waals surface area contributed by atoms with Gasteiger partial charge in [0.2, 0.25) is 0 Å². The Balaban J connectivity index is 1.64. The SMILES string of the molecule is CC(C)c1ccccc1NC(=O)c1cc(NCCc2ccccc2)ccn1. The third-order valence-corrected chi connectivity index (χ3v) is 4.41. The van der Waals surface area contributed by atoms with Gasteiger partial charge < -0.3 is 10.6 Å². The zero-order chi connectivity index (χ0) is 19.1. The van der Waals surface area contributed by atoms with E-state index in [-0.39, 0.29) is 5.91 Å². The molecule has 3 rings (SSSR count). The van der Waals surface area contributed by atoms with Gasteiger partial charge in [0.25, 0.3) is 5.91 Å². The molecule has 0 saturated carbocycles. The minimum absolute atomic E-state index is 0.199. The van der Waals surface area contributed by atoms with Gasteiger partial charge in [0.05, 0.1) is 0 Å². The molecule has 0 unspecified atom stereocenters. The number of aromatic nitrogens is 1. The molecule has 27 heavy (non-hydrogen) atoms. The van der Waals surface area contributed by atoms with E-state index in [9.17, 15) is 4.79 Å². The summed E-state index contributed by atoms with van der Waals surface area (Å²) in [5.41, 5.74) is 4.52. The van der Waals surface area contributed by atoms with E-state index >= 15 is 0 Å². The first-order chi connectivity index (χ1) is 13.1. The van der Waals surface area contributed by atoms with Crippen molar-refractivity contribution in [1.29, 1.82) is 0 Å². The van der Waals surface area contributed by atoms with Crippen LogP contribution in [0.4, 0.5) is 11.4 Å². The van der Waals surface area contributed by atoms with E-state index < -0.39 is 0 Å². The highest BCUT2D eigenvalue weighted by atomic mass is 16.1. The molecule has 1 aromatic heterocycles. The Kier molecular flexibility index (Phi) is 6.21. The highest BCUT2D eigenvalue weighted by Gasteiger charge is 2.12. The number of benzene rings is 2. The van der Waals surface area contributed by atoms with Crippen LogP contribution in [0.5, 0.6) is 0 Å². The van der Waals surface area contributed by atoms with Crippen LogP contribution in [0.25, 0.3) is 0 Å². The normalized spacial score (nSPS) is 10.6. The first-order valence-corrected chi connectivity index (χ1v) is 9.27. The zero-order valence-corrected chi connectivity index (χ0v) is 15.8. The first-order valence-electron chi connectivity index (χ1n) is 9.27. The molecule has 0 radical (unpaired) electrons. The molecule has 2 aromatic carbocycles. The van der Waals surface area contributed by atoms with Crippen LogP contribution in [0.3, 0.4) is 0 Å². The maximum Gasteiger partial charge on any atom is 0.274 e. The van der Waals surface area contributed by atoms with Crippen molar-refractivity contribution >= 4 is 17.3 Å². The van der Waals surface area contributed by atoms with Crippen LogP contribution in [-0.2, 0) is 6.42 Å². The van der Waals surface area contributed by atoms with Crippen LogP contribution >= 0.6 is 0 Å². The van der Waals surface area contributed by atoms with Crippen molar-refractivity contribution < 1.29 is 4.79 Å². The summed E-state index contributed by atoms with van der Waals surface area (Å²) in [4.78, 5) is 16.9. The molecule has 0 aliphatic heterocycles. The van der Waals surface area contributed by atoms with E-state index in [1.165, 1.54) is 5.56 Å². The summed E-state index contributed by atoms with van der Waals surface area (Å²) in [5, 5.41) is 6.35. The average Bonchev–Trinajstić information content (AvgIpc) is 2.69. The van der Waals surface area contributed by atoms with Gasteiger partial charge >= 0.3 is 0 Å². The number of carbonyl (C=O) groups is 1. The van der Waals surface area contributed by atoms with Gasteiger partial charge in [-0.25, -0.2) is 0 Å². The van der Waals surface area contributed by atoms with Crippen molar-refractivity contribution in [3.8, 4) is 0 Å². The lowest BCUT2D eigenvalue weighted by atomic mass is 10.0. The Hall–Kier alpha value is -3.14. The summed E-state index contributed by atoms with van der Waals surface area (Å²) in [6.45, 7) is 5.02. The van der Waals surface area contributed by atoms with Gasteiger partial charge in [0, 0.05) is 24.1 Å². The number of pyridine rings is 1. The number of para-hydroxylation sites is 1. The van der Waals surface area contributed by atoms with Gasteiger partial charge in [0.1, 0.15) is 5.69 Å². The lowest BCUT2D eigenvalue weighted by Crippen LogP contribution is -2.15. The summed E-state index contributed by atoms with van der Waals surface area (Å²) in [6.07, 6.45) is 2.58. The molecule has 0 fully saturated rings. The average molecular weight is 359 g/mol. The molecule has 0 spiro atoms. The lowest BCUT2D eigenvalue weighted by Gasteiger charge is -2.14. The number of rotatable bonds is 7. The van der Waals surface area contributed by atoms with Crippen molar-refractivity contribution in [1.82, 2.24) is 4.98 Å². The van der Waals surface area contributed by atoms with Gasteiger partial charge in [-0.2, -0.15) is 0 Å². The molecule has 2 N–H and O–H groups in total. The summed E-state index contributed by atoms with van der Waals surface area (Å²) in [6, 6.07) is 21.9. The van der Waals surface area contributed by atoms with Gasteiger partial charge in [-0.05, 0) is 41.7 Å². The molecule has 0 atom stereocenters. The molecule has 4 nitrogen and oxygen atoms in total. The highest BCUT2D eigenvalue weighted by Crippen LogP contribution is 2.24. The zero-order valence-electron chi connectivity index (χ0n) is 15.8. The summed E-state index contributed by atoms with van der Waals surface area (Å²) in [5.74, 6) is 0.134. The Labute approximate surface area is 160 Å². The molecule has 0 aliphatic rings. The van der Waals surface area contributed by atoms with Gasteiger partial charge in [-0.3, -0.25) is 9.78 Å². The van der Waals surface area contributed by atoms with E-state index in [2.05, 4.69) is 41.6 Å². The van der Waals surface area contributed by atoms with Crippen LogP contribution in [0, 0.1) is 0 Å². The molecule has 0 saturated heterocycles. The Bertz CT molecular complexity index is 891. The summed E-state index contributed by atoms with van der Waals surface area (Å²) >= 11 is 0. The topological polar surface area (TPSA) is 54.0 Å². The Morgan fingerprint density at radius 3 is 2.52 bits per heavy atom. The number of nitrogens with one attached hydrogen (secondary N) is 2. The van der Waals surface area contributed by atoms with Crippen LogP contribution in [-0.4, -0.2) is 17.4 Å². The van der Waals surface area contributed by atoms with Crippen molar-refractivity contribution in [2.24, 2.45) is 0 Å². The van der Waals surface area contributed by atoms with Crippen LogP contribution in [0.1, 0.15) is 41.4 Å². The third-order valence-electron chi connectivity index (χ3n) is 4.41. The van der Waals surface area contributed by atoms with Crippen LogP contribution in [0.2, 0.25) is 0 Å². The molecule has 3 aromatic rings. The van der Waals surface area contributed by atoms with E-state index in [4.69, 9.17) is 0 Å². The van der Waals surface area contributed by atoms with Gasteiger partial charge in [-0.1, -0.05) is 62.4 Å². The maximum atomic E-state index is 12.6. The maximum absolute atomic E-state index is 12.6. The Morgan fingerprint density at radius 2 is 1.74 bits per heavy atom. The molecule has 138 valence electrons. The number of anilines is 2. The van der Waals surface area contributed by atoms with Crippen LogP contribution in [0.15, 0.2) is 72.9 Å². The number of carbonyl (C=O) groups excluding carboxylic acids is 1. The molecule has 0 aliphatic carbocycles. The second-order valence-corrected chi connectivity index (χ2v) is 6.79. The minimum atomic E-state index is -0.199. The fourth-order valence-corrected chi connectivity index (χ4v) is 2.96. The standard InChI is InChI=1S/C23H25N3O/c1-17(2)20-10-6-7-11-21(20)26-23(27)22-16-19(13-15-25-22)24-14-12-18-8-4-3-5-9-18/h3-11,13,15-17H,12,14H2,1-2H3,(H,24,25)(H,26,27). The van der Waals surface area contributed by atoms with E-state index in [1.54, 1.807) is 12.3 Å². The quantitative estimate of drug-likeness (QED) is 0.616. The number of hydrogen-bond acceptors (Lipinski definition) is 3. The lowest BCUT2D eigenvalue weighted by molar-refractivity contribution is 0.102. The number of amides is 1. The minimum Gasteiger partial charge on any atom is -0.385 e. The highest BCUT2D eigenvalue weighted by molar-refractivity contribution is 6.03. The Morgan fingerprint density at radius 1 is 1.00 bits per heavy atom. The van der Waals surface area contributed by atoms with Crippen LogP contribution < -0.4 is 10.6 Å². The number of hydrogen-bond donors (Lipinski definition) is 2. The van der Waals surface area contributed by atoms with Crippen molar-refractivity contribution in [2.75, 3.05) is 17.2 Å². The van der Waals surface area contributed by atoms with Crippen molar-refractivity contribution in [3.63, 3.8) is 0 Å². The number of nitrogens with zero attached hydrogens (tertiary/aromatic N) is 1. The molecule has 1 amide bonds. The predicted molar refractivity (Wildman–Crippen MR) is 111 cm³/mol. The molecule has 1 heterocycles. The fourth-order valence-electron chi connectivity index (χ4n) is 2.96. The molecule has 0 bridgehead atoms. The monoisotopic (exact) mass is 359 g/mol. The van der Waals surface area contributed by atoms with Crippen molar-refractivity contribution in [3.05, 3.63) is 89.7 Å². The fraction of sp³-hybridized carbons (Fsp3) is 0.217. The summed E-state index contributed by atoms with van der Waals surface area (Å²) in [7, 11) is 0. The van der Waals surface area contributed by atoms with Gasteiger partial charge in [0.15, 0.2) is 0 Å². The third kappa shape index (κ3) is 5.17. The van der Waals surface area contributed by atoms with E-state index in [1.807, 2.05) is 48.5 Å². The smallest absolute Gasteiger partial charge is 0.274 e. The molecular weight excluding hydrogens is 334 g/mol. The van der Waals surface area contributed by atoms with E-state index in [0.29, 0.717) is 11.6 Å². The summed E-state index contributed by atoms with van der Waals surface area (Å²) < 4.78 is 0. The first kappa shape index (κ1) is 18.6. The van der Waals surface area contributed by atoms with E-state index in [0.717, 1.165) is 29.9 Å². The second kappa shape index (κ2) is 8.99. The molecule has 4 heteroatoms. The second-order valence-electron chi connectivity index (χ2n) is 6.79.